The molecule has 3 heterocycles. The predicted octanol–water partition coefficient (Wildman–Crippen LogP) is 4.89. The number of aliphatic carboxylic acids is 1. The van der Waals surface area contributed by atoms with Gasteiger partial charge in [-0.15, -0.1) is 0 Å². The first-order valence-electron chi connectivity index (χ1n) is 13.5. The highest BCUT2D eigenvalue weighted by Crippen LogP contribution is 2.30. The van der Waals surface area contributed by atoms with E-state index in [0.29, 0.717) is 18.5 Å². The van der Waals surface area contributed by atoms with Crippen LogP contribution >= 0.6 is 0 Å². The molecule has 2 atom stereocenters. The third-order valence-electron chi connectivity index (χ3n) is 6.71. The van der Waals surface area contributed by atoms with Crippen molar-refractivity contribution in [1.82, 2.24) is 19.5 Å². The molecule has 0 saturated carbocycles. The Bertz CT molecular complexity index is 1000. The highest BCUT2D eigenvalue weighted by atomic mass is 16.6. The zero-order valence-electron chi connectivity index (χ0n) is 21.2. The van der Waals surface area contributed by atoms with Gasteiger partial charge in [0.25, 0.3) is 5.56 Å². The highest BCUT2D eigenvalue weighted by molar-refractivity contribution is 5.69. The molecule has 0 radical (unpaired) electrons. The Kier molecular flexibility index (Phi) is 11.9. The standard InChI is InChI=1S/C26H40N4O6/c31-22(32)13-11-9-7-5-3-1-2-4-6-8-10-12-14-23(33)35-17-20-15-16-21(36-20)30-19-29-24-25(30)27-18-28-26(24)34/h18-21H,1-17H2,(H,31,32)(H,27,28,34)/t20-,21+/m0/s1. The molecule has 2 aromatic rings. The largest absolute Gasteiger partial charge is 0.481 e. The fourth-order valence-corrected chi connectivity index (χ4v) is 4.66. The summed E-state index contributed by atoms with van der Waals surface area (Å²) < 4.78 is 13.2. The van der Waals surface area contributed by atoms with E-state index in [9.17, 15) is 14.4 Å². The number of unbranched alkanes of at least 4 members (excludes halogenated alkanes) is 11. The Morgan fingerprint density at radius 3 is 2.19 bits per heavy atom. The normalized spacial score (nSPS) is 17.6. The van der Waals surface area contributed by atoms with Crippen LogP contribution in [0.2, 0.25) is 0 Å². The van der Waals surface area contributed by atoms with Crippen molar-refractivity contribution >= 4 is 23.1 Å². The first-order valence-corrected chi connectivity index (χ1v) is 13.5. The van der Waals surface area contributed by atoms with Crippen LogP contribution in [-0.4, -0.2) is 49.3 Å². The van der Waals surface area contributed by atoms with Gasteiger partial charge in [-0.1, -0.05) is 64.2 Å². The van der Waals surface area contributed by atoms with Gasteiger partial charge in [0.2, 0.25) is 0 Å². The van der Waals surface area contributed by atoms with Crippen LogP contribution < -0.4 is 5.56 Å². The Hall–Kier alpha value is -2.75. The van der Waals surface area contributed by atoms with Crippen LogP contribution in [0.25, 0.3) is 11.2 Å². The second-order valence-corrected chi connectivity index (χ2v) is 9.67. The van der Waals surface area contributed by atoms with Gasteiger partial charge in [0.15, 0.2) is 11.2 Å². The van der Waals surface area contributed by atoms with E-state index in [1.807, 2.05) is 0 Å². The maximum absolute atomic E-state index is 12.1. The molecule has 1 saturated heterocycles. The van der Waals surface area contributed by atoms with Crippen molar-refractivity contribution in [3.8, 4) is 0 Å². The number of aromatic nitrogens is 4. The van der Waals surface area contributed by atoms with E-state index >= 15 is 0 Å². The lowest BCUT2D eigenvalue weighted by Crippen LogP contribution is -2.19. The van der Waals surface area contributed by atoms with Gasteiger partial charge >= 0.3 is 11.9 Å². The van der Waals surface area contributed by atoms with Crippen molar-refractivity contribution in [3.05, 3.63) is 23.0 Å². The number of nitrogens with one attached hydrogen (secondary N) is 1. The number of esters is 1. The summed E-state index contributed by atoms with van der Waals surface area (Å²) in [6, 6.07) is 0. The quantitative estimate of drug-likeness (QED) is 0.216. The molecule has 1 fully saturated rings. The fourth-order valence-electron chi connectivity index (χ4n) is 4.66. The molecule has 2 aromatic heterocycles. The number of carbonyl (C=O) groups is 2. The molecule has 3 rings (SSSR count). The maximum atomic E-state index is 12.1. The molecule has 0 aliphatic carbocycles. The number of aromatic amines is 1. The molecule has 10 nitrogen and oxygen atoms in total. The van der Waals surface area contributed by atoms with Crippen molar-refractivity contribution in [2.24, 2.45) is 0 Å². The van der Waals surface area contributed by atoms with Crippen molar-refractivity contribution in [2.45, 2.75) is 115 Å². The van der Waals surface area contributed by atoms with Crippen LogP contribution in [0.4, 0.5) is 0 Å². The number of nitrogens with zero attached hydrogens (tertiary/aromatic N) is 3. The minimum atomic E-state index is -0.695. The summed E-state index contributed by atoms with van der Waals surface area (Å²) in [4.78, 5) is 45.2. The van der Waals surface area contributed by atoms with E-state index in [4.69, 9.17) is 14.6 Å². The number of hydrogen-bond donors (Lipinski definition) is 2. The maximum Gasteiger partial charge on any atom is 0.305 e. The van der Waals surface area contributed by atoms with Crippen molar-refractivity contribution in [3.63, 3.8) is 0 Å². The summed E-state index contributed by atoms with van der Waals surface area (Å²) in [7, 11) is 0. The molecule has 10 heteroatoms. The molecule has 0 amide bonds. The van der Waals surface area contributed by atoms with Gasteiger partial charge < -0.3 is 19.6 Å². The third kappa shape index (κ3) is 9.37. The fraction of sp³-hybridized carbons (Fsp3) is 0.731. The third-order valence-corrected chi connectivity index (χ3v) is 6.71. The van der Waals surface area contributed by atoms with E-state index in [0.717, 1.165) is 51.4 Å². The van der Waals surface area contributed by atoms with Crippen molar-refractivity contribution < 1.29 is 24.2 Å². The van der Waals surface area contributed by atoms with Crippen LogP contribution in [-0.2, 0) is 19.1 Å². The Morgan fingerprint density at radius 1 is 0.944 bits per heavy atom. The molecule has 1 aliphatic rings. The lowest BCUT2D eigenvalue weighted by molar-refractivity contribution is -0.148. The number of fused-ring (bicyclic) bond motifs is 1. The van der Waals surface area contributed by atoms with Gasteiger partial charge in [-0.25, -0.2) is 9.97 Å². The Labute approximate surface area is 211 Å². The van der Waals surface area contributed by atoms with Gasteiger partial charge in [-0.2, -0.15) is 0 Å². The van der Waals surface area contributed by atoms with Crippen LogP contribution in [0.15, 0.2) is 17.4 Å². The average molecular weight is 505 g/mol. The first-order chi connectivity index (χ1) is 17.5. The van der Waals surface area contributed by atoms with Gasteiger partial charge in [0.05, 0.1) is 18.8 Å². The average Bonchev–Trinajstić information content (AvgIpc) is 3.50. The molecule has 0 bridgehead atoms. The highest BCUT2D eigenvalue weighted by Gasteiger charge is 2.29. The molecule has 2 N–H and O–H groups in total. The molecule has 0 spiro atoms. The summed E-state index contributed by atoms with van der Waals surface area (Å²) >= 11 is 0. The molecule has 0 unspecified atom stereocenters. The second kappa shape index (κ2) is 15.4. The molecule has 36 heavy (non-hydrogen) atoms. The van der Waals surface area contributed by atoms with Gasteiger partial charge in [-0.3, -0.25) is 19.0 Å². The lowest BCUT2D eigenvalue weighted by atomic mass is 10.0. The number of rotatable bonds is 18. The van der Waals surface area contributed by atoms with E-state index in [2.05, 4.69) is 15.0 Å². The van der Waals surface area contributed by atoms with Gasteiger partial charge in [0, 0.05) is 12.8 Å². The smallest absolute Gasteiger partial charge is 0.305 e. The Morgan fingerprint density at radius 2 is 1.56 bits per heavy atom. The summed E-state index contributed by atoms with van der Waals surface area (Å²) in [5.41, 5.74) is 0.504. The molecular formula is C26H40N4O6. The van der Waals surface area contributed by atoms with E-state index in [1.165, 1.54) is 44.9 Å². The van der Waals surface area contributed by atoms with Crippen molar-refractivity contribution in [1.29, 1.82) is 0 Å². The predicted molar refractivity (Wildman–Crippen MR) is 135 cm³/mol. The minimum absolute atomic E-state index is 0.164. The van der Waals surface area contributed by atoms with Crippen LogP contribution in [0, 0.1) is 0 Å². The van der Waals surface area contributed by atoms with E-state index < -0.39 is 5.97 Å². The summed E-state index contributed by atoms with van der Waals surface area (Å²) in [5, 5.41) is 8.61. The molecule has 200 valence electrons. The molecular weight excluding hydrogens is 464 g/mol. The summed E-state index contributed by atoms with van der Waals surface area (Å²) in [6.07, 6.45) is 18.1. The van der Waals surface area contributed by atoms with Crippen LogP contribution in [0.5, 0.6) is 0 Å². The number of imidazole rings is 1. The monoisotopic (exact) mass is 504 g/mol. The number of H-pyrrole nitrogens is 1. The molecule has 0 aromatic carbocycles. The first kappa shape index (κ1) is 27.8. The topological polar surface area (TPSA) is 136 Å². The zero-order chi connectivity index (χ0) is 25.6. The number of ether oxygens (including phenoxy) is 2. The number of carboxylic acids is 1. The zero-order valence-corrected chi connectivity index (χ0v) is 21.2. The van der Waals surface area contributed by atoms with Gasteiger partial charge in [0.1, 0.15) is 12.8 Å². The van der Waals surface area contributed by atoms with E-state index in [1.54, 1.807) is 10.9 Å². The number of carbonyl (C=O) groups excluding carboxylic acids is 1. The summed E-state index contributed by atoms with van der Waals surface area (Å²) in [6.45, 7) is 0.246. The number of hydrogen-bond acceptors (Lipinski definition) is 7. The SMILES string of the molecule is O=C(O)CCCCCCCCCCCCCCC(=O)OC[C@@H]1CC[C@H](n2cnc3c(=O)[nH]cnc32)O1. The van der Waals surface area contributed by atoms with Gasteiger partial charge in [-0.05, 0) is 25.7 Å². The second-order valence-electron chi connectivity index (χ2n) is 9.67. The number of carboxylic acid groups (broad SMARTS) is 1. The van der Waals surface area contributed by atoms with Crippen LogP contribution in [0.1, 0.15) is 109 Å². The lowest BCUT2D eigenvalue weighted by Gasteiger charge is -2.15. The van der Waals surface area contributed by atoms with E-state index in [-0.39, 0.29) is 36.0 Å². The molecule has 1 aliphatic heterocycles. The van der Waals surface area contributed by atoms with Crippen molar-refractivity contribution in [2.75, 3.05) is 6.61 Å². The van der Waals surface area contributed by atoms with Crippen LogP contribution in [0.3, 0.4) is 0 Å². The summed E-state index contributed by atoms with van der Waals surface area (Å²) in [5.74, 6) is -0.870. The minimum Gasteiger partial charge on any atom is -0.481 e. The Balaban J connectivity index is 1.15.